The fraction of sp³-hybridized carbons (Fsp3) is 0.800. The predicted molar refractivity (Wildman–Crippen MR) is 53.9 cm³/mol. The van der Waals surface area contributed by atoms with E-state index in [9.17, 15) is 9.59 Å². The molecule has 1 amide bonds. The van der Waals surface area contributed by atoms with Crippen molar-refractivity contribution in [2.24, 2.45) is 5.92 Å². The zero-order valence-corrected chi connectivity index (χ0v) is 9.26. The van der Waals surface area contributed by atoms with Crippen molar-refractivity contribution in [2.75, 3.05) is 0 Å². The van der Waals surface area contributed by atoms with Gasteiger partial charge in [-0.3, -0.25) is 4.79 Å². The third kappa shape index (κ3) is 3.77. The van der Waals surface area contributed by atoms with Crippen molar-refractivity contribution in [3.05, 3.63) is 0 Å². The molecule has 82 valence electrons. The van der Waals surface area contributed by atoms with E-state index in [2.05, 4.69) is 5.32 Å². The van der Waals surface area contributed by atoms with Crippen LogP contribution in [0.2, 0.25) is 0 Å². The lowest BCUT2D eigenvalue weighted by molar-refractivity contribution is -0.146. The van der Waals surface area contributed by atoms with Crippen LogP contribution in [0.5, 0.6) is 0 Å². The summed E-state index contributed by atoms with van der Waals surface area (Å²) < 4.78 is 0. The Morgan fingerprint density at radius 2 is 1.93 bits per heavy atom. The summed E-state index contributed by atoms with van der Waals surface area (Å²) in [5.74, 6) is -1.34. The Morgan fingerprint density at radius 3 is 2.29 bits per heavy atom. The highest BCUT2D eigenvalue weighted by Crippen LogP contribution is 2.08. The number of carbonyl (C=O) groups excluding carboxylic acids is 1. The normalized spacial score (nSPS) is 13.4. The molecule has 0 aliphatic rings. The van der Waals surface area contributed by atoms with Gasteiger partial charge in [0.15, 0.2) is 0 Å². The number of hydrogen-bond donors (Lipinski definition) is 2. The van der Waals surface area contributed by atoms with Crippen LogP contribution >= 0.6 is 0 Å². The number of aliphatic carboxylic acids is 1. The van der Waals surface area contributed by atoms with Crippen LogP contribution in [0.15, 0.2) is 0 Å². The summed E-state index contributed by atoms with van der Waals surface area (Å²) in [5, 5.41) is 11.3. The molecule has 0 saturated heterocycles. The molecule has 1 atom stereocenters. The molecule has 4 nitrogen and oxygen atoms in total. The van der Waals surface area contributed by atoms with E-state index >= 15 is 0 Å². The van der Waals surface area contributed by atoms with Crippen molar-refractivity contribution >= 4 is 11.9 Å². The highest BCUT2D eigenvalue weighted by Gasteiger charge is 2.30. The van der Waals surface area contributed by atoms with Crippen molar-refractivity contribution in [3.8, 4) is 0 Å². The Morgan fingerprint density at radius 1 is 1.43 bits per heavy atom. The number of amides is 1. The lowest BCUT2D eigenvalue weighted by atomic mass is 10.0. The molecule has 2 N–H and O–H groups in total. The van der Waals surface area contributed by atoms with Gasteiger partial charge in [0.1, 0.15) is 5.54 Å². The smallest absolute Gasteiger partial charge is 0.328 e. The van der Waals surface area contributed by atoms with Gasteiger partial charge in [0, 0.05) is 5.92 Å². The number of carboxylic acid groups (broad SMARTS) is 1. The van der Waals surface area contributed by atoms with Gasteiger partial charge in [-0.1, -0.05) is 20.3 Å². The maximum Gasteiger partial charge on any atom is 0.328 e. The molecule has 1 unspecified atom stereocenters. The van der Waals surface area contributed by atoms with E-state index in [1.165, 1.54) is 13.8 Å². The Hall–Kier alpha value is -1.06. The lowest BCUT2D eigenvalue weighted by Crippen LogP contribution is -2.51. The summed E-state index contributed by atoms with van der Waals surface area (Å²) >= 11 is 0. The molecule has 4 heteroatoms. The summed E-state index contributed by atoms with van der Waals surface area (Å²) in [6.07, 6.45) is 1.70. The second-order valence-electron chi connectivity index (χ2n) is 4.11. The van der Waals surface area contributed by atoms with Crippen LogP contribution in [0.3, 0.4) is 0 Å². The first-order valence-corrected chi connectivity index (χ1v) is 4.86. The van der Waals surface area contributed by atoms with Crippen LogP contribution in [-0.2, 0) is 9.59 Å². The fourth-order valence-corrected chi connectivity index (χ4v) is 1.05. The predicted octanol–water partition coefficient (Wildman–Crippen LogP) is 1.40. The van der Waals surface area contributed by atoms with Gasteiger partial charge in [-0.25, -0.2) is 4.79 Å². The quantitative estimate of drug-likeness (QED) is 0.706. The van der Waals surface area contributed by atoms with Crippen molar-refractivity contribution in [2.45, 2.75) is 46.1 Å². The summed E-state index contributed by atoms with van der Waals surface area (Å²) in [5.41, 5.74) is -1.18. The van der Waals surface area contributed by atoms with E-state index < -0.39 is 11.5 Å². The van der Waals surface area contributed by atoms with Gasteiger partial charge in [-0.15, -0.1) is 0 Å². The number of carbonyl (C=O) groups is 2. The van der Waals surface area contributed by atoms with Gasteiger partial charge in [0.2, 0.25) is 5.91 Å². The molecule has 0 spiro atoms. The Kier molecular flexibility index (Phi) is 4.60. The van der Waals surface area contributed by atoms with E-state index in [1.54, 1.807) is 6.92 Å². The van der Waals surface area contributed by atoms with Crippen LogP contribution in [0, 0.1) is 5.92 Å². The van der Waals surface area contributed by atoms with Crippen molar-refractivity contribution in [1.29, 1.82) is 0 Å². The lowest BCUT2D eigenvalue weighted by Gasteiger charge is -2.23. The molecule has 0 saturated carbocycles. The molecule has 0 rings (SSSR count). The average Bonchev–Trinajstić information content (AvgIpc) is 2.03. The molecule has 0 bridgehead atoms. The first kappa shape index (κ1) is 12.9. The Labute approximate surface area is 84.7 Å². The van der Waals surface area contributed by atoms with E-state index in [1.807, 2.05) is 6.92 Å². The minimum absolute atomic E-state index is 0.126. The zero-order chi connectivity index (χ0) is 11.4. The maximum atomic E-state index is 11.5. The van der Waals surface area contributed by atoms with Crippen molar-refractivity contribution in [3.63, 3.8) is 0 Å². The van der Waals surface area contributed by atoms with Gasteiger partial charge < -0.3 is 10.4 Å². The van der Waals surface area contributed by atoms with Gasteiger partial charge in [-0.2, -0.15) is 0 Å². The zero-order valence-electron chi connectivity index (χ0n) is 9.26. The molecular formula is C10H19NO3. The first-order valence-electron chi connectivity index (χ1n) is 4.86. The summed E-state index contributed by atoms with van der Waals surface area (Å²) in [7, 11) is 0. The Bertz CT molecular complexity index is 223. The maximum absolute atomic E-state index is 11.5. The van der Waals surface area contributed by atoms with Crippen LogP contribution in [0.4, 0.5) is 0 Å². The van der Waals surface area contributed by atoms with Crippen molar-refractivity contribution < 1.29 is 14.7 Å². The number of rotatable bonds is 5. The minimum atomic E-state index is -1.18. The molecule has 0 fully saturated rings. The monoisotopic (exact) mass is 201 g/mol. The summed E-state index contributed by atoms with van der Waals surface area (Å²) in [4.78, 5) is 22.2. The molecule has 0 aliphatic carbocycles. The molecule has 0 aromatic carbocycles. The molecule has 0 radical (unpaired) electrons. The molecule has 14 heavy (non-hydrogen) atoms. The molecule has 0 aromatic heterocycles. The van der Waals surface area contributed by atoms with E-state index in [4.69, 9.17) is 5.11 Å². The van der Waals surface area contributed by atoms with Crippen LogP contribution in [-0.4, -0.2) is 22.5 Å². The summed E-state index contributed by atoms with van der Waals surface area (Å²) in [6.45, 7) is 6.75. The molecule has 0 heterocycles. The standard InChI is InChI=1S/C10H19NO3/c1-5-6-7(2)8(12)11-10(3,4)9(13)14/h7H,5-6H2,1-4H3,(H,11,12)(H,13,14). The van der Waals surface area contributed by atoms with Crippen molar-refractivity contribution in [1.82, 2.24) is 5.32 Å². The second-order valence-corrected chi connectivity index (χ2v) is 4.11. The molecule has 0 aliphatic heterocycles. The first-order chi connectivity index (χ1) is 6.31. The number of hydrogen-bond acceptors (Lipinski definition) is 2. The average molecular weight is 201 g/mol. The van der Waals surface area contributed by atoms with Gasteiger partial charge >= 0.3 is 5.97 Å². The highest BCUT2D eigenvalue weighted by atomic mass is 16.4. The van der Waals surface area contributed by atoms with Gasteiger partial charge in [0.05, 0.1) is 0 Å². The van der Waals surface area contributed by atoms with Crippen LogP contribution in [0.25, 0.3) is 0 Å². The molecule has 0 aromatic rings. The highest BCUT2D eigenvalue weighted by molar-refractivity contribution is 5.87. The van der Waals surface area contributed by atoms with Gasteiger partial charge in [-0.05, 0) is 20.3 Å². The minimum Gasteiger partial charge on any atom is -0.480 e. The van der Waals surface area contributed by atoms with Crippen LogP contribution in [0.1, 0.15) is 40.5 Å². The largest absolute Gasteiger partial charge is 0.480 e. The Balaban J connectivity index is 4.24. The van der Waals surface area contributed by atoms with E-state index in [-0.39, 0.29) is 11.8 Å². The van der Waals surface area contributed by atoms with E-state index in [0.717, 1.165) is 12.8 Å². The van der Waals surface area contributed by atoms with Crippen LogP contribution < -0.4 is 5.32 Å². The number of carboxylic acids is 1. The SMILES string of the molecule is CCCC(C)C(=O)NC(C)(C)C(=O)O. The van der Waals surface area contributed by atoms with Gasteiger partial charge in [0.25, 0.3) is 0 Å². The number of nitrogens with one attached hydrogen (secondary N) is 1. The van der Waals surface area contributed by atoms with E-state index in [0.29, 0.717) is 0 Å². The third-order valence-electron chi connectivity index (χ3n) is 2.14. The molecular weight excluding hydrogens is 182 g/mol. The fourth-order valence-electron chi connectivity index (χ4n) is 1.05. The topological polar surface area (TPSA) is 66.4 Å². The summed E-state index contributed by atoms with van der Waals surface area (Å²) in [6, 6.07) is 0. The second kappa shape index (κ2) is 4.98. The third-order valence-corrected chi connectivity index (χ3v) is 2.14.